The number of nitrogens with zero attached hydrogens (tertiary/aromatic N) is 1. The van der Waals surface area contributed by atoms with E-state index in [1.807, 2.05) is 6.92 Å². The molecule has 1 heteroatoms. The van der Waals surface area contributed by atoms with Gasteiger partial charge in [-0.2, -0.15) is 0 Å². The van der Waals surface area contributed by atoms with Crippen molar-refractivity contribution in [2.24, 2.45) is 0 Å². The summed E-state index contributed by atoms with van der Waals surface area (Å²) in [5.41, 5.74) is 1.14. The molecule has 1 atom stereocenters. The summed E-state index contributed by atoms with van der Waals surface area (Å²) in [4.78, 5) is 2.54. The average Bonchev–Trinajstić information content (AvgIpc) is 2.28. The zero-order chi connectivity index (χ0) is 12.4. The Bertz CT molecular complexity index is 199. The van der Waals surface area contributed by atoms with Crippen LogP contribution in [-0.4, -0.2) is 24.0 Å². The van der Waals surface area contributed by atoms with Crippen LogP contribution < -0.4 is 0 Å². The first kappa shape index (κ1) is 15.4. The van der Waals surface area contributed by atoms with Gasteiger partial charge in [-0.3, -0.25) is 4.90 Å². The predicted octanol–water partition coefficient (Wildman–Crippen LogP) is 4.41. The highest BCUT2D eigenvalue weighted by Gasteiger charge is 2.13. The number of hydrogen-bond donors (Lipinski definition) is 0. The van der Waals surface area contributed by atoms with Gasteiger partial charge in [-0.15, -0.1) is 0 Å². The Hall–Kier alpha value is -0.560. The molecule has 0 amide bonds. The fraction of sp³-hybridized carbons (Fsp3) is 0.733. The molecule has 0 aromatic rings. The first-order chi connectivity index (χ1) is 7.61. The second-order valence-corrected chi connectivity index (χ2v) is 4.75. The summed E-state index contributed by atoms with van der Waals surface area (Å²) < 4.78 is 0. The maximum Gasteiger partial charge on any atom is 0.0252 e. The fourth-order valence-corrected chi connectivity index (χ4v) is 1.75. The number of hydrogen-bond acceptors (Lipinski definition) is 1. The summed E-state index contributed by atoms with van der Waals surface area (Å²) >= 11 is 0. The molecular weight excluding hydrogens is 194 g/mol. The van der Waals surface area contributed by atoms with Gasteiger partial charge in [0.2, 0.25) is 0 Å². The van der Waals surface area contributed by atoms with Crippen molar-refractivity contribution in [1.82, 2.24) is 4.90 Å². The van der Waals surface area contributed by atoms with Crippen molar-refractivity contribution in [2.45, 2.75) is 59.4 Å². The van der Waals surface area contributed by atoms with E-state index in [1.54, 1.807) is 0 Å². The highest BCUT2D eigenvalue weighted by atomic mass is 15.1. The van der Waals surface area contributed by atoms with Gasteiger partial charge >= 0.3 is 0 Å². The highest BCUT2D eigenvalue weighted by Crippen LogP contribution is 2.12. The minimum atomic E-state index is 0.581. The van der Waals surface area contributed by atoms with Gasteiger partial charge in [0.25, 0.3) is 0 Å². The molecule has 1 aliphatic rings. The normalized spacial score (nSPS) is 19.0. The lowest BCUT2D eigenvalue weighted by molar-refractivity contribution is 0.201. The van der Waals surface area contributed by atoms with Crippen molar-refractivity contribution in [1.29, 1.82) is 0 Å². The van der Waals surface area contributed by atoms with Crippen molar-refractivity contribution in [3.8, 4) is 0 Å². The molecule has 0 radical (unpaired) electrons. The van der Waals surface area contributed by atoms with Crippen LogP contribution in [0.1, 0.15) is 53.4 Å². The van der Waals surface area contributed by atoms with Gasteiger partial charge < -0.3 is 0 Å². The second kappa shape index (κ2) is 9.65. The summed E-state index contributed by atoms with van der Waals surface area (Å²) in [5.74, 6) is 0. The van der Waals surface area contributed by atoms with E-state index in [0.29, 0.717) is 6.04 Å². The summed E-state index contributed by atoms with van der Waals surface area (Å²) in [7, 11) is 0. The third-order valence-electron chi connectivity index (χ3n) is 2.63. The molecule has 0 spiro atoms. The summed E-state index contributed by atoms with van der Waals surface area (Å²) in [6.07, 6.45) is 9.77. The monoisotopic (exact) mass is 223 g/mol. The van der Waals surface area contributed by atoms with E-state index in [1.165, 1.54) is 38.8 Å². The van der Waals surface area contributed by atoms with Crippen molar-refractivity contribution < 1.29 is 0 Å². The lowest BCUT2D eigenvalue weighted by atomic mass is 10.1. The highest BCUT2D eigenvalue weighted by molar-refractivity contribution is 5.13. The van der Waals surface area contributed by atoms with E-state index in [9.17, 15) is 0 Å². The van der Waals surface area contributed by atoms with Crippen molar-refractivity contribution >= 4 is 0 Å². The minimum absolute atomic E-state index is 0.581. The molecule has 94 valence electrons. The molecule has 0 saturated carbocycles. The Morgan fingerprint density at radius 2 is 1.75 bits per heavy atom. The largest absolute Gasteiger partial charge is 0.297 e. The molecule has 1 saturated heterocycles. The maximum absolute atomic E-state index is 3.87. The fourth-order valence-electron chi connectivity index (χ4n) is 1.75. The van der Waals surface area contributed by atoms with E-state index in [2.05, 4.69) is 44.4 Å². The topological polar surface area (TPSA) is 3.24 Å². The van der Waals surface area contributed by atoms with E-state index in [4.69, 9.17) is 0 Å². The first-order valence-electron chi connectivity index (χ1n) is 6.69. The van der Waals surface area contributed by atoms with Crippen LogP contribution in [0.15, 0.2) is 24.3 Å². The van der Waals surface area contributed by atoms with Crippen LogP contribution in [-0.2, 0) is 0 Å². The lowest BCUT2D eigenvalue weighted by Crippen LogP contribution is -2.36. The first-order valence-corrected chi connectivity index (χ1v) is 6.69. The van der Waals surface area contributed by atoms with Gasteiger partial charge in [-0.05, 0) is 39.8 Å². The quantitative estimate of drug-likeness (QED) is 0.641. The summed E-state index contributed by atoms with van der Waals surface area (Å²) in [6, 6.07) is 0.581. The van der Waals surface area contributed by atoms with E-state index in [-0.39, 0.29) is 0 Å². The molecule has 0 bridgehead atoms. The third-order valence-corrected chi connectivity index (χ3v) is 2.63. The molecule has 1 unspecified atom stereocenters. The molecule has 0 aliphatic carbocycles. The van der Waals surface area contributed by atoms with E-state index < -0.39 is 0 Å². The molecular formula is C15H29N. The summed E-state index contributed by atoms with van der Waals surface area (Å²) in [6.45, 7) is 15.0. The van der Waals surface area contributed by atoms with Gasteiger partial charge in [0.05, 0.1) is 0 Å². The Morgan fingerprint density at radius 1 is 1.25 bits per heavy atom. The number of allylic oxidation sites excluding steroid dienone is 2. The molecule has 1 nitrogen and oxygen atoms in total. The second-order valence-electron chi connectivity index (χ2n) is 4.75. The Balaban J connectivity index is 0.000000673. The van der Waals surface area contributed by atoms with Crippen LogP contribution in [0, 0.1) is 0 Å². The van der Waals surface area contributed by atoms with Gasteiger partial charge in [-0.1, -0.05) is 51.0 Å². The molecule has 16 heavy (non-hydrogen) atoms. The van der Waals surface area contributed by atoms with Gasteiger partial charge in [0.1, 0.15) is 0 Å². The standard InChI is InChI=1S/C12H21N.C3H8/c1-11(2)7-8-12(3)13-9-5-4-6-10-13;1-3-2/h7-8,12H,1,4-6,9-10H2,2-3H3;3H2,1-2H3/b8-7-;. The predicted molar refractivity (Wildman–Crippen MR) is 74.8 cm³/mol. The molecule has 0 aromatic carbocycles. The molecule has 1 heterocycles. The maximum atomic E-state index is 3.87. The van der Waals surface area contributed by atoms with Crippen LogP contribution in [0.2, 0.25) is 0 Å². The van der Waals surface area contributed by atoms with Crippen LogP contribution >= 0.6 is 0 Å². The Morgan fingerprint density at radius 3 is 2.19 bits per heavy atom. The van der Waals surface area contributed by atoms with Crippen LogP contribution in [0.4, 0.5) is 0 Å². The van der Waals surface area contributed by atoms with Gasteiger partial charge in [0.15, 0.2) is 0 Å². The molecule has 1 rings (SSSR count). The smallest absolute Gasteiger partial charge is 0.0252 e. The van der Waals surface area contributed by atoms with Crippen LogP contribution in [0.5, 0.6) is 0 Å². The van der Waals surface area contributed by atoms with Crippen LogP contribution in [0.3, 0.4) is 0 Å². The number of piperidine rings is 1. The van der Waals surface area contributed by atoms with E-state index in [0.717, 1.165) is 5.57 Å². The summed E-state index contributed by atoms with van der Waals surface area (Å²) in [5, 5.41) is 0. The molecule has 1 aliphatic heterocycles. The van der Waals surface area contributed by atoms with Crippen molar-refractivity contribution in [3.05, 3.63) is 24.3 Å². The minimum Gasteiger partial charge on any atom is -0.297 e. The zero-order valence-electron chi connectivity index (χ0n) is 11.6. The number of likely N-dealkylation sites (tertiary alicyclic amines) is 1. The van der Waals surface area contributed by atoms with Crippen molar-refractivity contribution in [2.75, 3.05) is 13.1 Å². The van der Waals surface area contributed by atoms with Gasteiger partial charge in [0, 0.05) is 6.04 Å². The van der Waals surface area contributed by atoms with E-state index >= 15 is 0 Å². The molecule has 0 aromatic heterocycles. The van der Waals surface area contributed by atoms with Crippen molar-refractivity contribution in [3.63, 3.8) is 0 Å². The zero-order valence-corrected chi connectivity index (χ0v) is 11.6. The average molecular weight is 223 g/mol. The SMILES string of the molecule is C=C(C)/C=C\C(C)N1CCCCC1.CCC. The Labute approximate surface area is 102 Å². The lowest BCUT2D eigenvalue weighted by Gasteiger charge is -2.30. The van der Waals surface area contributed by atoms with Gasteiger partial charge in [-0.25, -0.2) is 0 Å². The third kappa shape index (κ3) is 7.70. The number of rotatable bonds is 3. The molecule has 1 fully saturated rings. The molecule has 0 N–H and O–H groups in total. The Kier molecular flexibility index (Phi) is 9.31. The van der Waals surface area contributed by atoms with Crippen LogP contribution in [0.25, 0.3) is 0 Å².